The lowest BCUT2D eigenvalue weighted by molar-refractivity contribution is -0.145. The predicted octanol–water partition coefficient (Wildman–Crippen LogP) is 2.62. The van der Waals surface area contributed by atoms with E-state index in [0.717, 1.165) is 16.7 Å². The molecule has 0 fully saturated rings. The maximum atomic E-state index is 12.4. The number of pyridine rings is 1. The highest BCUT2D eigenvalue weighted by Gasteiger charge is 2.18. The van der Waals surface area contributed by atoms with Crippen LogP contribution in [0.3, 0.4) is 0 Å². The van der Waals surface area contributed by atoms with Crippen molar-refractivity contribution in [3.8, 4) is 0 Å². The third-order valence-electron chi connectivity index (χ3n) is 4.48. The Hall–Kier alpha value is -3.48. The summed E-state index contributed by atoms with van der Waals surface area (Å²) in [5, 5.41) is 2.78. The monoisotopic (exact) mass is 393 g/mol. The minimum atomic E-state index is -0.490. The second-order valence-electron chi connectivity index (χ2n) is 7.05. The van der Waals surface area contributed by atoms with Crippen molar-refractivity contribution in [2.75, 3.05) is 0 Å². The van der Waals surface area contributed by atoms with E-state index in [4.69, 9.17) is 4.74 Å². The Kier molecular flexibility index (Phi) is 6.07. The van der Waals surface area contributed by atoms with Gasteiger partial charge in [-0.2, -0.15) is 0 Å². The molecule has 1 unspecified atom stereocenters. The molecule has 29 heavy (non-hydrogen) atoms. The normalized spacial score (nSPS) is 11.8. The fourth-order valence-electron chi connectivity index (χ4n) is 3.00. The highest BCUT2D eigenvalue weighted by atomic mass is 16.5. The molecular formula is C22H23N3O4. The lowest BCUT2D eigenvalue weighted by Gasteiger charge is -2.18. The van der Waals surface area contributed by atoms with Gasteiger partial charge >= 0.3 is 5.97 Å². The summed E-state index contributed by atoms with van der Waals surface area (Å²) in [5.41, 5.74) is 3.51. The van der Waals surface area contributed by atoms with Gasteiger partial charge in [0.25, 0.3) is 5.56 Å². The van der Waals surface area contributed by atoms with Gasteiger partial charge in [-0.1, -0.05) is 29.8 Å². The largest absolute Gasteiger partial charge is 0.459 e. The fourth-order valence-corrected chi connectivity index (χ4v) is 3.00. The number of amides is 1. The van der Waals surface area contributed by atoms with E-state index in [1.54, 1.807) is 12.3 Å². The lowest BCUT2D eigenvalue weighted by Crippen LogP contribution is -2.28. The first kappa shape index (κ1) is 20.3. The van der Waals surface area contributed by atoms with Crippen LogP contribution in [-0.2, 0) is 20.9 Å². The number of esters is 1. The van der Waals surface area contributed by atoms with Gasteiger partial charge in [0.15, 0.2) is 0 Å². The number of benzene rings is 1. The molecule has 1 N–H and O–H groups in total. The number of ether oxygens (including phenoxy) is 1. The van der Waals surface area contributed by atoms with Crippen LogP contribution in [0.5, 0.6) is 0 Å². The highest BCUT2D eigenvalue weighted by molar-refractivity contribution is 5.76. The van der Waals surface area contributed by atoms with Gasteiger partial charge in [0.2, 0.25) is 5.91 Å². The molecule has 7 nitrogen and oxygen atoms in total. The number of nitrogens with one attached hydrogen (secondary N) is 1. The Morgan fingerprint density at radius 3 is 2.52 bits per heavy atom. The second-order valence-corrected chi connectivity index (χ2v) is 7.05. The van der Waals surface area contributed by atoms with E-state index in [0.29, 0.717) is 11.3 Å². The van der Waals surface area contributed by atoms with Crippen LogP contribution in [0.15, 0.2) is 53.5 Å². The molecule has 7 heteroatoms. The Balaban J connectivity index is 1.70. The summed E-state index contributed by atoms with van der Waals surface area (Å²) < 4.78 is 6.75. The summed E-state index contributed by atoms with van der Waals surface area (Å²) in [5.74, 6) is -0.724. The van der Waals surface area contributed by atoms with Crippen LogP contribution in [0.4, 0.5) is 0 Å². The summed E-state index contributed by atoms with van der Waals surface area (Å²) in [6.07, 6.45) is 1.64. The maximum Gasteiger partial charge on any atom is 0.308 e. The van der Waals surface area contributed by atoms with Crippen molar-refractivity contribution in [2.24, 2.45) is 0 Å². The van der Waals surface area contributed by atoms with Crippen LogP contribution >= 0.6 is 0 Å². The number of hydrogen-bond acceptors (Lipinski definition) is 5. The minimum Gasteiger partial charge on any atom is -0.459 e. The number of aryl methyl sites for hydroxylation is 2. The molecule has 1 atom stereocenters. The summed E-state index contributed by atoms with van der Waals surface area (Å²) in [6, 6.07) is 12.1. The van der Waals surface area contributed by atoms with Gasteiger partial charge in [-0.25, -0.2) is 4.98 Å². The topological polar surface area (TPSA) is 89.8 Å². The van der Waals surface area contributed by atoms with E-state index in [2.05, 4.69) is 10.3 Å². The highest BCUT2D eigenvalue weighted by Crippen LogP contribution is 2.18. The molecule has 0 spiro atoms. The van der Waals surface area contributed by atoms with Gasteiger partial charge in [0, 0.05) is 19.2 Å². The first-order chi connectivity index (χ1) is 13.8. The van der Waals surface area contributed by atoms with Gasteiger partial charge in [0.1, 0.15) is 12.3 Å². The fraction of sp³-hybridized carbons (Fsp3) is 0.273. The van der Waals surface area contributed by atoms with E-state index in [9.17, 15) is 14.4 Å². The molecule has 150 valence electrons. The number of carbonyl (C=O) groups is 2. The molecule has 0 aliphatic carbocycles. The van der Waals surface area contributed by atoms with E-state index in [1.165, 1.54) is 17.4 Å². The van der Waals surface area contributed by atoms with Crippen molar-refractivity contribution in [3.05, 3.63) is 81.4 Å². The molecule has 0 saturated heterocycles. The third kappa shape index (κ3) is 5.28. The Morgan fingerprint density at radius 2 is 1.83 bits per heavy atom. The molecule has 3 rings (SSSR count). The summed E-state index contributed by atoms with van der Waals surface area (Å²) in [4.78, 5) is 40.5. The van der Waals surface area contributed by atoms with Crippen LogP contribution in [0, 0.1) is 13.8 Å². The van der Waals surface area contributed by atoms with Gasteiger partial charge in [-0.15, -0.1) is 0 Å². The number of nitrogens with zero attached hydrogens (tertiary/aromatic N) is 2. The van der Waals surface area contributed by atoms with E-state index >= 15 is 0 Å². The Bertz CT molecular complexity index is 1100. The molecular weight excluding hydrogens is 370 g/mol. The van der Waals surface area contributed by atoms with E-state index in [1.807, 2.05) is 44.2 Å². The predicted molar refractivity (Wildman–Crippen MR) is 108 cm³/mol. The first-order valence-corrected chi connectivity index (χ1v) is 9.30. The zero-order valence-corrected chi connectivity index (χ0v) is 16.6. The van der Waals surface area contributed by atoms with E-state index in [-0.39, 0.29) is 24.5 Å². The summed E-state index contributed by atoms with van der Waals surface area (Å²) in [7, 11) is 0. The quantitative estimate of drug-likeness (QED) is 0.650. The van der Waals surface area contributed by atoms with E-state index < -0.39 is 12.0 Å². The zero-order valence-electron chi connectivity index (χ0n) is 16.6. The van der Waals surface area contributed by atoms with Crippen molar-refractivity contribution in [3.63, 3.8) is 0 Å². The standard InChI is InChI=1S/C22H23N3O4/c1-14-4-6-17(7-5-14)19(23-16(3)26)12-22(28)29-13-18-11-21(27)25-9-8-15(2)10-20(25)24-18/h4-11,19H,12-13H2,1-3H3,(H,23,26). The smallest absolute Gasteiger partial charge is 0.308 e. The number of hydrogen-bond donors (Lipinski definition) is 1. The molecule has 0 aliphatic rings. The second kappa shape index (κ2) is 8.68. The van der Waals surface area contributed by atoms with Crippen LogP contribution in [0.25, 0.3) is 5.65 Å². The molecule has 2 aromatic heterocycles. The van der Waals surface area contributed by atoms with Gasteiger partial charge in [-0.3, -0.25) is 18.8 Å². The van der Waals surface area contributed by atoms with Crippen molar-refractivity contribution >= 4 is 17.5 Å². The molecule has 0 radical (unpaired) electrons. The zero-order chi connectivity index (χ0) is 21.0. The molecule has 2 heterocycles. The molecule has 1 aromatic carbocycles. The summed E-state index contributed by atoms with van der Waals surface area (Å²) >= 11 is 0. The van der Waals surface area contributed by atoms with Gasteiger partial charge in [-0.05, 0) is 37.1 Å². The number of fused-ring (bicyclic) bond motifs is 1. The van der Waals surface area contributed by atoms with Crippen LogP contribution in [0.2, 0.25) is 0 Å². The maximum absolute atomic E-state index is 12.4. The average Bonchev–Trinajstić information content (AvgIpc) is 2.66. The number of carbonyl (C=O) groups excluding carboxylic acids is 2. The lowest BCUT2D eigenvalue weighted by atomic mass is 10.0. The third-order valence-corrected chi connectivity index (χ3v) is 4.48. The Labute approximate surface area is 168 Å². The molecule has 0 bridgehead atoms. The van der Waals surface area contributed by atoms with Crippen molar-refractivity contribution in [1.82, 2.24) is 14.7 Å². The number of aromatic nitrogens is 2. The van der Waals surface area contributed by atoms with Crippen molar-refractivity contribution < 1.29 is 14.3 Å². The molecule has 0 saturated carbocycles. The molecule has 1 amide bonds. The average molecular weight is 393 g/mol. The minimum absolute atomic E-state index is 0.0195. The first-order valence-electron chi connectivity index (χ1n) is 9.30. The number of rotatable bonds is 6. The Morgan fingerprint density at radius 1 is 1.10 bits per heavy atom. The van der Waals surface area contributed by atoms with Crippen LogP contribution in [0.1, 0.15) is 41.8 Å². The summed E-state index contributed by atoms with van der Waals surface area (Å²) in [6.45, 7) is 5.16. The SMILES string of the molecule is CC(=O)NC(CC(=O)OCc1cc(=O)n2ccc(C)cc2n1)c1ccc(C)cc1. The van der Waals surface area contributed by atoms with Crippen molar-refractivity contribution in [1.29, 1.82) is 0 Å². The van der Waals surface area contributed by atoms with Crippen molar-refractivity contribution in [2.45, 2.75) is 39.8 Å². The van der Waals surface area contributed by atoms with Gasteiger partial charge < -0.3 is 10.1 Å². The molecule has 0 aliphatic heterocycles. The molecule has 3 aromatic rings. The van der Waals surface area contributed by atoms with Crippen LogP contribution in [-0.4, -0.2) is 21.3 Å². The van der Waals surface area contributed by atoms with Gasteiger partial charge in [0.05, 0.1) is 18.2 Å². The van der Waals surface area contributed by atoms with Crippen LogP contribution < -0.4 is 10.9 Å².